The first kappa shape index (κ1) is 14.1. The van der Waals surface area contributed by atoms with Gasteiger partial charge in [0.2, 0.25) is 0 Å². The molecule has 0 radical (unpaired) electrons. The van der Waals surface area contributed by atoms with Crippen LogP contribution < -0.4 is 15.2 Å². The Bertz CT molecular complexity index is 591. The molecule has 0 saturated heterocycles. The van der Waals surface area contributed by atoms with Gasteiger partial charge in [0.25, 0.3) is 0 Å². The maximum atomic E-state index is 12.1. The van der Waals surface area contributed by atoms with Crippen LogP contribution in [0.15, 0.2) is 17.0 Å². The fraction of sp³-hybridized carbons (Fsp3) is 0.538. The summed E-state index contributed by atoms with van der Waals surface area (Å²) < 4.78 is 34.8. The first-order chi connectivity index (χ1) is 8.89. The van der Waals surface area contributed by atoms with E-state index < -0.39 is 9.84 Å². The number of benzene rings is 1. The summed E-state index contributed by atoms with van der Waals surface area (Å²) in [6, 6.07) is 3.35. The lowest BCUT2D eigenvalue weighted by atomic mass is 9.94. The van der Waals surface area contributed by atoms with Crippen LogP contribution in [0.1, 0.15) is 18.4 Å². The van der Waals surface area contributed by atoms with E-state index in [1.165, 1.54) is 20.5 Å². The van der Waals surface area contributed by atoms with Gasteiger partial charge in [-0.1, -0.05) is 0 Å². The molecule has 0 heterocycles. The number of methoxy groups -OCH3 is 2. The van der Waals surface area contributed by atoms with Crippen molar-refractivity contribution in [1.29, 1.82) is 0 Å². The van der Waals surface area contributed by atoms with E-state index >= 15 is 0 Å². The molecular formula is C13H19NO4S. The lowest BCUT2D eigenvalue weighted by molar-refractivity contribution is 0.382. The van der Waals surface area contributed by atoms with Crippen LogP contribution in [0, 0.1) is 0 Å². The Kier molecular flexibility index (Phi) is 3.49. The van der Waals surface area contributed by atoms with Gasteiger partial charge in [0.05, 0.1) is 14.2 Å². The molecule has 1 aromatic rings. The van der Waals surface area contributed by atoms with Crippen molar-refractivity contribution in [3.05, 3.63) is 17.7 Å². The predicted molar refractivity (Wildman–Crippen MR) is 72.6 cm³/mol. The number of sulfone groups is 1. The molecule has 0 amide bonds. The minimum atomic E-state index is -3.42. The van der Waals surface area contributed by atoms with Crippen molar-refractivity contribution < 1.29 is 17.9 Å². The second-order valence-electron chi connectivity index (χ2n) is 4.93. The molecular weight excluding hydrogens is 266 g/mol. The number of rotatable bonds is 5. The predicted octanol–water partition coefficient (Wildman–Crippen LogP) is 1.10. The average molecular weight is 285 g/mol. The van der Waals surface area contributed by atoms with Gasteiger partial charge in [0, 0.05) is 23.8 Å². The van der Waals surface area contributed by atoms with Crippen molar-refractivity contribution in [2.75, 3.05) is 27.0 Å². The number of nitrogens with two attached hydrogens (primary N) is 1. The van der Waals surface area contributed by atoms with E-state index in [1.807, 2.05) is 0 Å². The Hall–Kier alpha value is -1.27. The first-order valence-electron chi connectivity index (χ1n) is 6.05. The van der Waals surface area contributed by atoms with Crippen LogP contribution in [-0.4, -0.2) is 35.4 Å². The fourth-order valence-corrected chi connectivity index (χ4v) is 3.66. The van der Waals surface area contributed by atoms with E-state index in [2.05, 4.69) is 0 Å². The largest absolute Gasteiger partial charge is 0.496 e. The quantitative estimate of drug-likeness (QED) is 0.876. The van der Waals surface area contributed by atoms with Crippen LogP contribution in [0.3, 0.4) is 0 Å². The third kappa shape index (κ3) is 2.30. The van der Waals surface area contributed by atoms with E-state index in [9.17, 15) is 8.42 Å². The van der Waals surface area contributed by atoms with Crippen LogP contribution in [0.2, 0.25) is 0 Å². The Morgan fingerprint density at radius 2 is 1.74 bits per heavy atom. The standard InChI is InChI=1S/C13H19NO4S/c1-17-9-4-5-10(18-2)12(19(3,15)16)11(9)13(8-14)6-7-13/h4-5H,6-8,14H2,1-3H3. The molecule has 0 unspecified atom stereocenters. The summed E-state index contributed by atoms with van der Waals surface area (Å²) in [6.07, 6.45) is 2.92. The Balaban J connectivity index is 2.80. The molecule has 106 valence electrons. The van der Waals surface area contributed by atoms with Crippen molar-refractivity contribution >= 4 is 9.84 Å². The monoisotopic (exact) mass is 285 g/mol. The van der Waals surface area contributed by atoms with Crippen molar-refractivity contribution in [3.8, 4) is 11.5 Å². The second-order valence-corrected chi connectivity index (χ2v) is 6.88. The minimum absolute atomic E-state index is 0.206. The molecule has 1 aromatic carbocycles. The molecule has 2 rings (SSSR count). The summed E-state index contributed by atoms with van der Waals surface area (Å²) >= 11 is 0. The fourth-order valence-electron chi connectivity index (χ4n) is 2.45. The summed E-state index contributed by atoms with van der Waals surface area (Å²) in [6.45, 7) is 0.402. The number of hydrogen-bond acceptors (Lipinski definition) is 5. The van der Waals surface area contributed by atoms with Crippen molar-refractivity contribution in [1.82, 2.24) is 0 Å². The zero-order valence-electron chi connectivity index (χ0n) is 11.4. The van der Waals surface area contributed by atoms with Gasteiger partial charge in [-0.25, -0.2) is 8.42 Å². The summed E-state index contributed by atoms with van der Waals surface area (Å²) in [5, 5.41) is 0. The van der Waals surface area contributed by atoms with Gasteiger partial charge >= 0.3 is 0 Å². The molecule has 0 bridgehead atoms. The van der Waals surface area contributed by atoms with Crippen molar-refractivity contribution in [2.45, 2.75) is 23.2 Å². The third-order valence-corrected chi connectivity index (χ3v) is 4.82. The lowest BCUT2D eigenvalue weighted by Crippen LogP contribution is -2.23. The summed E-state index contributed by atoms with van der Waals surface area (Å²) in [7, 11) is -0.430. The molecule has 1 aliphatic rings. The highest BCUT2D eigenvalue weighted by molar-refractivity contribution is 7.90. The zero-order chi connectivity index (χ0) is 14.3. The highest BCUT2D eigenvalue weighted by atomic mass is 32.2. The van der Waals surface area contributed by atoms with E-state index in [0.717, 1.165) is 12.8 Å². The molecule has 5 nitrogen and oxygen atoms in total. The van der Waals surface area contributed by atoms with E-state index in [4.69, 9.17) is 15.2 Å². The molecule has 19 heavy (non-hydrogen) atoms. The van der Waals surface area contributed by atoms with Crippen LogP contribution in [-0.2, 0) is 15.3 Å². The first-order valence-corrected chi connectivity index (χ1v) is 7.94. The van der Waals surface area contributed by atoms with Gasteiger partial charge in [-0.15, -0.1) is 0 Å². The van der Waals surface area contributed by atoms with Gasteiger partial charge in [-0.3, -0.25) is 0 Å². The molecule has 1 fully saturated rings. The lowest BCUT2D eigenvalue weighted by Gasteiger charge is -2.22. The van der Waals surface area contributed by atoms with Gasteiger partial charge in [0.1, 0.15) is 16.4 Å². The molecule has 1 aliphatic carbocycles. The molecule has 0 atom stereocenters. The average Bonchev–Trinajstić information content (AvgIpc) is 3.16. The van der Waals surface area contributed by atoms with Crippen LogP contribution in [0.25, 0.3) is 0 Å². The molecule has 2 N–H and O–H groups in total. The minimum Gasteiger partial charge on any atom is -0.496 e. The van der Waals surface area contributed by atoms with Crippen LogP contribution >= 0.6 is 0 Å². The van der Waals surface area contributed by atoms with E-state index in [1.54, 1.807) is 12.1 Å². The van der Waals surface area contributed by atoms with E-state index in [0.29, 0.717) is 23.6 Å². The SMILES string of the molecule is COc1ccc(OC)c(S(C)(=O)=O)c1C1(CN)CC1. The zero-order valence-corrected chi connectivity index (χ0v) is 12.2. The maximum absolute atomic E-state index is 12.1. The topological polar surface area (TPSA) is 78.6 Å². The smallest absolute Gasteiger partial charge is 0.179 e. The molecule has 0 spiro atoms. The highest BCUT2D eigenvalue weighted by Gasteiger charge is 2.48. The Morgan fingerprint density at radius 3 is 2.11 bits per heavy atom. The Morgan fingerprint density at radius 1 is 1.21 bits per heavy atom. The normalized spacial score (nSPS) is 17.1. The summed E-state index contributed by atoms with van der Waals surface area (Å²) in [4.78, 5) is 0.206. The van der Waals surface area contributed by atoms with Crippen LogP contribution in [0.5, 0.6) is 11.5 Å². The summed E-state index contributed by atoms with van der Waals surface area (Å²) in [5.41, 5.74) is 6.21. The van der Waals surface area contributed by atoms with E-state index in [-0.39, 0.29) is 10.3 Å². The Labute approximate surface area is 113 Å². The van der Waals surface area contributed by atoms with Crippen LogP contribution in [0.4, 0.5) is 0 Å². The van der Waals surface area contributed by atoms with Crippen molar-refractivity contribution in [3.63, 3.8) is 0 Å². The molecule has 0 aromatic heterocycles. The van der Waals surface area contributed by atoms with Gasteiger partial charge in [-0.05, 0) is 25.0 Å². The summed E-state index contributed by atoms with van der Waals surface area (Å²) in [5.74, 6) is 0.905. The highest BCUT2D eigenvalue weighted by Crippen LogP contribution is 2.54. The third-order valence-electron chi connectivity index (χ3n) is 3.67. The molecule has 0 aliphatic heterocycles. The molecule has 1 saturated carbocycles. The number of ether oxygens (including phenoxy) is 2. The second kappa shape index (κ2) is 4.68. The van der Waals surface area contributed by atoms with Crippen molar-refractivity contribution in [2.24, 2.45) is 5.73 Å². The molecule has 6 heteroatoms. The maximum Gasteiger partial charge on any atom is 0.179 e. The van der Waals surface area contributed by atoms with Gasteiger partial charge in [0.15, 0.2) is 9.84 Å². The van der Waals surface area contributed by atoms with Gasteiger partial charge < -0.3 is 15.2 Å². The van der Waals surface area contributed by atoms with Gasteiger partial charge in [-0.2, -0.15) is 0 Å². The number of hydrogen-bond donors (Lipinski definition) is 1.